The first kappa shape index (κ1) is 15.2. The van der Waals surface area contributed by atoms with Crippen LogP contribution >= 0.6 is 11.6 Å². The second kappa shape index (κ2) is 5.69. The first-order valence-corrected chi connectivity index (χ1v) is 7.85. The second-order valence-electron chi connectivity index (χ2n) is 4.61. The third kappa shape index (κ3) is 2.95. The standard InChI is InChI=1S/C12H14ClNO5S/c13-11-6-9(3-4-10(11)12(16)17)20(18,19)14-5-1-2-8(15)7-14/h3-4,6,8,15H,1-2,5,7H2,(H,16,17)/t8-/m0/s1. The van der Waals surface area contributed by atoms with Gasteiger partial charge in [-0.2, -0.15) is 4.31 Å². The molecule has 1 aromatic rings. The van der Waals surface area contributed by atoms with E-state index in [4.69, 9.17) is 16.7 Å². The molecule has 0 spiro atoms. The zero-order valence-electron chi connectivity index (χ0n) is 10.5. The maximum Gasteiger partial charge on any atom is 0.337 e. The molecule has 0 unspecified atom stereocenters. The van der Waals surface area contributed by atoms with Crippen LogP contribution in [0.3, 0.4) is 0 Å². The number of hydrogen-bond donors (Lipinski definition) is 2. The molecule has 1 aliphatic heterocycles. The Kier molecular flexibility index (Phi) is 4.33. The van der Waals surface area contributed by atoms with E-state index in [9.17, 15) is 18.3 Å². The van der Waals surface area contributed by atoms with Crippen molar-refractivity contribution < 1.29 is 23.4 Å². The minimum absolute atomic E-state index is 0.0423. The van der Waals surface area contributed by atoms with Crippen LogP contribution in [0.15, 0.2) is 23.1 Å². The molecule has 110 valence electrons. The maximum atomic E-state index is 12.4. The molecule has 0 bridgehead atoms. The summed E-state index contributed by atoms with van der Waals surface area (Å²) >= 11 is 5.78. The highest BCUT2D eigenvalue weighted by Gasteiger charge is 2.30. The number of piperidine rings is 1. The Bertz CT molecular complexity index is 631. The molecule has 20 heavy (non-hydrogen) atoms. The van der Waals surface area contributed by atoms with Crippen molar-refractivity contribution in [3.63, 3.8) is 0 Å². The fourth-order valence-corrected chi connectivity index (χ4v) is 3.99. The highest BCUT2D eigenvalue weighted by molar-refractivity contribution is 7.89. The Morgan fingerprint density at radius 1 is 1.40 bits per heavy atom. The number of β-amino-alcohol motifs (C(OH)–C–C–N with tert-alkyl or cyclic N) is 1. The number of hydrogen-bond acceptors (Lipinski definition) is 4. The lowest BCUT2D eigenvalue weighted by Gasteiger charge is -2.29. The van der Waals surface area contributed by atoms with Crippen LogP contribution in [0, 0.1) is 0 Å². The summed E-state index contributed by atoms with van der Waals surface area (Å²) in [4.78, 5) is 10.8. The lowest BCUT2D eigenvalue weighted by atomic mass is 10.1. The van der Waals surface area contributed by atoms with Gasteiger partial charge in [0, 0.05) is 13.1 Å². The van der Waals surface area contributed by atoms with Gasteiger partial charge in [-0.3, -0.25) is 0 Å². The quantitative estimate of drug-likeness (QED) is 0.872. The van der Waals surface area contributed by atoms with Crippen LogP contribution < -0.4 is 0 Å². The average molecular weight is 320 g/mol. The molecule has 0 radical (unpaired) electrons. The zero-order valence-corrected chi connectivity index (χ0v) is 12.1. The van der Waals surface area contributed by atoms with Crippen LogP contribution in [-0.4, -0.2) is 48.1 Å². The summed E-state index contributed by atoms with van der Waals surface area (Å²) in [5, 5.41) is 18.3. The number of rotatable bonds is 3. The average Bonchev–Trinajstić information content (AvgIpc) is 2.38. The Hall–Kier alpha value is -1.15. The summed E-state index contributed by atoms with van der Waals surface area (Å²) in [6, 6.07) is 3.50. The van der Waals surface area contributed by atoms with E-state index < -0.39 is 22.1 Å². The van der Waals surface area contributed by atoms with Crippen molar-refractivity contribution in [2.24, 2.45) is 0 Å². The number of halogens is 1. The molecule has 6 nitrogen and oxygen atoms in total. The fraction of sp³-hybridized carbons (Fsp3) is 0.417. The summed E-state index contributed by atoms with van der Waals surface area (Å²) in [6.45, 7) is 0.373. The first-order chi connectivity index (χ1) is 9.32. The lowest BCUT2D eigenvalue weighted by Crippen LogP contribution is -2.42. The molecule has 1 fully saturated rings. The molecular formula is C12H14ClNO5S. The van der Waals surface area contributed by atoms with E-state index in [0.717, 1.165) is 12.1 Å². The van der Waals surface area contributed by atoms with E-state index in [1.54, 1.807) is 0 Å². The number of aliphatic hydroxyl groups excluding tert-OH is 1. The van der Waals surface area contributed by atoms with Crippen molar-refractivity contribution in [3.05, 3.63) is 28.8 Å². The summed E-state index contributed by atoms with van der Waals surface area (Å²) in [7, 11) is -3.76. The van der Waals surface area contributed by atoms with Crippen molar-refractivity contribution in [1.82, 2.24) is 4.31 Å². The molecule has 2 rings (SSSR count). The lowest BCUT2D eigenvalue weighted by molar-refractivity contribution is 0.0697. The SMILES string of the molecule is O=C(O)c1ccc(S(=O)(=O)N2CCC[C@H](O)C2)cc1Cl. The summed E-state index contributed by atoms with van der Waals surface area (Å²) in [5.74, 6) is -1.22. The molecule has 0 saturated carbocycles. The predicted molar refractivity (Wildman–Crippen MR) is 72.4 cm³/mol. The molecule has 8 heteroatoms. The highest BCUT2D eigenvalue weighted by atomic mass is 35.5. The van der Waals surface area contributed by atoms with E-state index in [2.05, 4.69) is 0 Å². The van der Waals surface area contributed by atoms with Crippen LogP contribution in [-0.2, 0) is 10.0 Å². The van der Waals surface area contributed by atoms with Crippen molar-refractivity contribution in [2.75, 3.05) is 13.1 Å². The smallest absolute Gasteiger partial charge is 0.337 e. The summed E-state index contributed by atoms with van der Waals surface area (Å²) < 4.78 is 25.9. The van der Waals surface area contributed by atoms with Gasteiger partial charge in [0.1, 0.15) is 0 Å². The normalized spacial score (nSPS) is 20.8. The molecule has 0 aliphatic carbocycles. The van der Waals surface area contributed by atoms with Crippen molar-refractivity contribution in [2.45, 2.75) is 23.8 Å². The number of nitrogens with zero attached hydrogens (tertiary/aromatic N) is 1. The minimum Gasteiger partial charge on any atom is -0.478 e. The van der Waals surface area contributed by atoms with E-state index in [-0.39, 0.29) is 22.0 Å². The third-order valence-corrected chi connectivity index (χ3v) is 5.34. The largest absolute Gasteiger partial charge is 0.478 e. The first-order valence-electron chi connectivity index (χ1n) is 6.03. The highest BCUT2D eigenvalue weighted by Crippen LogP contribution is 2.25. The number of carboxylic acids is 1. The van der Waals surface area contributed by atoms with Crippen molar-refractivity contribution in [1.29, 1.82) is 0 Å². The van der Waals surface area contributed by atoms with E-state index >= 15 is 0 Å². The molecule has 1 saturated heterocycles. The number of carboxylic acid groups (broad SMARTS) is 1. The van der Waals surface area contributed by atoms with Gasteiger partial charge in [-0.15, -0.1) is 0 Å². The van der Waals surface area contributed by atoms with Gasteiger partial charge in [0.2, 0.25) is 10.0 Å². The topological polar surface area (TPSA) is 94.9 Å². The van der Waals surface area contributed by atoms with Gasteiger partial charge < -0.3 is 10.2 Å². The Labute approximate surface area is 121 Å². The third-order valence-electron chi connectivity index (χ3n) is 3.17. The summed E-state index contributed by atoms with van der Waals surface area (Å²) in [6.07, 6.45) is 0.485. The van der Waals surface area contributed by atoms with Crippen LogP contribution in [0.25, 0.3) is 0 Å². The Balaban J connectivity index is 2.34. The van der Waals surface area contributed by atoms with Gasteiger partial charge in [-0.05, 0) is 31.0 Å². The number of benzene rings is 1. The van der Waals surface area contributed by atoms with E-state index in [1.807, 2.05) is 0 Å². The molecule has 0 aromatic heterocycles. The maximum absolute atomic E-state index is 12.4. The molecule has 1 aromatic carbocycles. The molecule has 1 atom stereocenters. The number of aliphatic hydroxyl groups is 1. The fourth-order valence-electron chi connectivity index (χ4n) is 2.12. The Morgan fingerprint density at radius 3 is 2.65 bits per heavy atom. The number of aromatic carboxylic acids is 1. The molecular weight excluding hydrogens is 306 g/mol. The van der Waals surface area contributed by atoms with Crippen LogP contribution in [0.4, 0.5) is 0 Å². The minimum atomic E-state index is -3.76. The van der Waals surface area contributed by atoms with Gasteiger partial charge in [-0.25, -0.2) is 13.2 Å². The van der Waals surface area contributed by atoms with Gasteiger partial charge in [0.15, 0.2) is 0 Å². The van der Waals surface area contributed by atoms with Gasteiger partial charge >= 0.3 is 5.97 Å². The number of sulfonamides is 1. The molecule has 1 aliphatic rings. The number of carbonyl (C=O) groups is 1. The Morgan fingerprint density at radius 2 is 2.10 bits per heavy atom. The molecule has 2 N–H and O–H groups in total. The van der Waals surface area contributed by atoms with Gasteiger partial charge in [-0.1, -0.05) is 11.6 Å². The van der Waals surface area contributed by atoms with E-state index in [1.165, 1.54) is 10.4 Å². The van der Waals surface area contributed by atoms with Crippen LogP contribution in [0.2, 0.25) is 5.02 Å². The van der Waals surface area contributed by atoms with E-state index in [0.29, 0.717) is 19.4 Å². The zero-order chi connectivity index (χ0) is 14.9. The van der Waals surface area contributed by atoms with Crippen molar-refractivity contribution in [3.8, 4) is 0 Å². The monoisotopic (exact) mass is 319 g/mol. The summed E-state index contributed by atoms with van der Waals surface area (Å²) in [5.41, 5.74) is -0.149. The van der Waals surface area contributed by atoms with Gasteiger partial charge in [0.25, 0.3) is 0 Å². The van der Waals surface area contributed by atoms with Crippen LogP contribution in [0.1, 0.15) is 23.2 Å². The van der Waals surface area contributed by atoms with Crippen molar-refractivity contribution >= 4 is 27.6 Å². The second-order valence-corrected chi connectivity index (χ2v) is 6.95. The predicted octanol–water partition coefficient (Wildman–Crippen LogP) is 1.18. The molecule has 1 heterocycles. The molecule has 0 amide bonds. The van der Waals surface area contributed by atoms with Gasteiger partial charge in [0.05, 0.1) is 21.6 Å². The van der Waals surface area contributed by atoms with Crippen LogP contribution in [0.5, 0.6) is 0 Å².